The number of nitrogens with one attached hydrogen (secondary N) is 1. The zero-order chi connectivity index (χ0) is 25.3. The summed E-state index contributed by atoms with van der Waals surface area (Å²) in [6.07, 6.45) is 6.13. The van der Waals surface area contributed by atoms with E-state index in [0.29, 0.717) is 31.1 Å². The molecule has 0 bridgehead atoms. The highest BCUT2D eigenvalue weighted by molar-refractivity contribution is 7.98. The predicted octanol–water partition coefficient (Wildman–Crippen LogP) is 4.54. The maximum Gasteiger partial charge on any atom is 0.335 e. The fourth-order valence-electron chi connectivity index (χ4n) is 3.61. The van der Waals surface area contributed by atoms with E-state index in [2.05, 4.69) is 14.6 Å². The summed E-state index contributed by atoms with van der Waals surface area (Å²) in [7, 11) is -3.74. The summed E-state index contributed by atoms with van der Waals surface area (Å²) in [6, 6.07) is 16.3. The molecule has 186 valence electrons. The van der Waals surface area contributed by atoms with E-state index in [1.165, 1.54) is 12.1 Å². The number of hydrogen-bond donors (Lipinski definition) is 2. The Morgan fingerprint density at radius 3 is 2.37 bits per heavy atom. The third kappa shape index (κ3) is 8.63. The van der Waals surface area contributed by atoms with Crippen LogP contribution in [-0.4, -0.2) is 54.0 Å². The van der Waals surface area contributed by atoms with Crippen molar-refractivity contribution in [3.63, 3.8) is 0 Å². The van der Waals surface area contributed by atoms with Gasteiger partial charge in [0.15, 0.2) is 0 Å². The van der Waals surface area contributed by atoms with Crippen LogP contribution in [0.5, 0.6) is 0 Å². The number of carboxylic acid groups (broad SMARTS) is 1. The number of carbonyl (C=O) groups is 1. The highest BCUT2D eigenvalue weighted by Gasteiger charge is 2.23. The molecule has 0 radical (unpaired) electrons. The van der Waals surface area contributed by atoms with Crippen LogP contribution >= 0.6 is 23.4 Å². The first-order chi connectivity index (χ1) is 16.8. The van der Waals surface area contributed by atoms with Gasteiger partial charge in [-0.1, -0.05) is 29.8 Å². The van der Waals surface area contributed by atoms with E-state index in [4.69, 9.17) is 11.6 Å². The number of thioether (sulfide) groups is 1. The van der Waals surface area contributed by atoms with Crippen LogP contribution < -0.4 is 4.72 Å². The lowest BCUT2D eigenvalue weighted by molar-refractivity contribution is 0.0697. The molecule has 35 heavy (non-hydrogen) atoms. The van der Waals surface area contributed by atoms with Crippen LogP contribution in [0, 0.1) is 0 Å². The first-order valence-corrected chi connectivity index (χ1v) is 14.2. The standard InChI is InChI=1S/C25H28ClN3O4S2/c1-34-14-12-23(28-35(32,33)24-10-8-22(26)9-11-24)18-29(17-20-3-2-13-27-15-20)16-19-4-6-21(7-5-19)25(30)31/h2-11,13,15,23,28H,12,14,16-18H2,1H3,(H,30,31)/t23-/m1/s1. The third-order valence-corrected chi connectivity index (χ3v) is 7.76. The SMILES string of the molecule is CSCC[C@H](CN(Cc1ccc(C(=O)O)cc1)Cc1cccnc1)NS(=O)(=O)c1ccc(Cl)cc1. The van der Waals surface area contributed by atoms with Gasteiger partial charge < -0.3 is 5.11 Å². The molecule has 0 saturated carbocycles. The van der Waals surface area contributed by atoms with Gasteiger partial charge in [-0.2, -0.15) is 11.8 Å². The molecule has 1 aromatic heterocycles. The van der Waals surface area contributed by atoms with Gasteiger partial charge in [-0.25, -0.2) is 17.9 Å². The molecule has 0 spiro atoms. The molecule has 0 aliphatic carbocycles. The largest absolute Gasteiger partial charge is 0.478 e. The minimum Gasteiger partial charge on any atom is -0.478 e. The van der Waals surface area contributed by atoms with Crippen molar-refractivity contribution in [2.45, 2.75) is 30.4 Å². The maximum absolute atomic E-state index is 13.1. The Morgan fingerprint density at radius 1 is 1.09 bits per heavy atom. The minimum absolute atomic E-state index is 0.166. The van der Waals surface area contributed by atoms with Crippen LogP contribution in [0.2, 0.25) is 5.02 Å². The summed E-state index contributed by atoms with van der Waals surface area (Å²) in [5.74, 6) is -0.181. The van der Waals surface area contributed by atoms with Gasteiger partial charge in [0.25, 0.3) is 0 Å². The first-order valence-electron chi connectivity index (χ1n) is 11.0. The van der Waals surface area contributed by atoms with Crippen molar-refractivity contribution in [1.29, 1.82) is 0 Å². The van der Waals surface area contributed by atoms with E-state index < -0.39 is 16.0 Å². The molecule has 3 rings (SSSR count). The highest BCUT2D eigenvalue weighted by Crippen LogP contribution is 2.17. The predicted molar refractivity (Wildman–Crippen MR) is 140 cm³/mol. The number of aromatic carboxylic acids is 1. The zero-order valence-electron chi connectivity index (χ0n) is 19.3. The quantitative estimate of drug-likeness (QED) is 0.333. The average Bonchev–Trinajstić information content (AvgIpc) is 2.83. The number of sulfonamides is 1. The molecule has 2 aromatic carbocycles. The van der Waals surface area contributed by atoms with Gasteiger partial charge >= 0.3 is 5.97 Å². The van der Waals surface area contributed by atoms with Crippen LogP contribution in [0.3, 0.4) is 0 Å². The number of rotatable bonds is 13. The Kier molecular flexibility index (Phi) is 10.1. The fraction of sp³-hybridized carbons (Fsp3) is 0.280. The Balaban J connectivity index is 1.82. The smallest absolute Gasteiger partial charge is 0.335 e. The third-order valence-electron chi connectivity index (χ3n) is 5.33. The van der Waals surface area contributed by atoms with Gasteiger partial charge in [0.1, 0.15) is 0 Å². The van der Waals surface area contributed by atoms with E-state index in [9.17, 15) is 18.3 Å². The zero-order valence-corrected chi connectivity index (χ0v) is 21.7. The van der Waals surface area contributed by atoms with E-state index in [0.717, 1.165) is 16.9 Å². The van der Waals surface area contributed by atoms with Crippen molar-refractivity contribution in [1.82, 2.24) is 14.6 Å². The number of nitrogens with zero attached hydrogens (tertiary/aromatic N) is 2. The average molecular weight is 534 g/mol. The summed E-state index contributed by atoms with van der Waals surface area (Å²) in [5.41, 5.74) is 2.16. The number of hydrogen-bond acceptors (Lipinski definition) is 6. The Labute approximate surface area is 215 Å². The van der Waals surface area contributed by atoms with Crippen molar-refractivity contribution >= 4 is 39.4 Å². The van der Waals surface area contributed by atoms with Gasteiger partial charge in [0.2, 0.25) is 10.0 Å². The molecule has 0 amide bonds. The van der Waals surface area contributed by atoms with Crippen molar-refractivity contribution in [2.75, 3.05) is 18.6 Å². The number of pyridine rings is 1. The second-order valence-electron chi connectivity index (χ2n) is 8.09. The van der Waals surface area contributed by atoms with Crippen LogP contribution in [-0.2, 0) is 23.1 Å². The van der Waals surface area contributed by atoms with E-state index in [1.54, 1.807) is 60.6 Å². The number of halogens is 1. The summed E-state index contributed by atoms with van der Waals surface area (Å²) >= 11 is 7.58. The number of carboxylic acids is 1. The van der Waals surface area contributed by atoms with Crippen LogP contribution in [0.25, 0.3) is 0 Å². The maximum atomic E-state index is 13.1. The number of aromatic nitrogens is 1. The second-order valence-corrected chi connectivity index (χ2v) is 11.2. The molecule has 0 aliphatic heterocycles. The molecule has 0 saturated heterocycles. The van der Waals surface area contributed by atoms with Gasteiger partial charge in [-0.3, -0.25) is 9.88 Å². The van der Waals surface area contributed by atoms with Crippen LogP contribution in [0.4, 0.5) is 0 Å². The Hall–Kier alpha value is -2.43. The van der Waals surface area contributed by atoms with Crippen LogP contribution in [0.1, 0.15) is 27.9 Å². The summed E-state index contributed by atoms with van der Waals surface area (Å²) in [6.45, 7) is 1.54. The normalized spacial score (nSPS) is 12.5. The minimum atomic E-state index is -3.74. The molecule has 1 heterocycles. The van der Waals surface area contributed by atoms with E-state index >= 15 is 0 Å². The Morgan fingerprint density at radius 2 is 1.77 bits per heavy atom. The van der Waals surface area contributed by atoms with Gasteiger partial charge in [0.05, 0.1) is 10.5 Å². The Bertz CT molecular complexity index is 1190. The van der Waals surface area contributed by atoms with Crippen molar-refractivity contribution in [2.24, 2.45) is 0 Å². The first kappa shape index (κ1) is 27.2. The molecular weight excluding hydrogens is 506 g/mol. The van der Waals surface area contributed by atoms with Gasteiger partial charge in [-0.05, 0) is 72.0 Å². The molecular formula is C25H28ClN3O4S2. The summed E-state index contributed by atoms with van der Waals surface area (Å²) in [4.78, 5) is 17.7. The topological polar surface area (TPSA) is 99.6 Å². The molecule has 2 N–H and O–H groups in total. The van der Waals surface area contributed by atoms with E-state index in [-0.39, 0.29) is 16.5 Å². The van der Waals surface area contributed by atoms with Gasteiger partial charge in [0, 0.05) is 43.1 Å². The van der Waals surface area contributed by atoms with Crippen LogP contribution in [0.15, 0.2) is 78.0 Å². The molecule has 0 aliphatic rings. The number of benzene rings is 2. The fourth-order valence-corrected chi connectivity index (χ4v) is 5.51. The monoisotopic (exact) mass is 533 g/mol. The summed E-state index contributed by atoms with van der Waals surface area (Å²) < 4.78 is 29.0. The van der Waals surface area contributed by atoms with Crippen molar-refractivity contribution in [3.8, 4) is 0 Å². The highest BCUT2D eigenvalue weighted by atomic mass is 35.5. The van der Waals surface area contributed by atoms with Crippen molar-refractivity contribution in [3.05, 3.63) is 94.8 Å². The lowest BCUT2D eigenvalue weighted by atomic mass is 10.1. The lowest BCUT2D eigenvalue weighted by Gasteiger charge is -2.28. The molecule has 3 aromatic rings. The second kappa shape index (κ2) is 13.0. The van der Waals surface area contributed by atoms with Crippen molar-refractivity contribution < 1.29 is 18.3 Å². The summed E-state index contributed by atoms with van der Waals surface area (Å²) in [5, 5.41) is 9.65. The lowest BCUT2D eigenvalue weighted by Crippen LogP contribution is -2.43. The molecule has 1 atom stereocenters. The van der Waals surface area contributed by atoms with E-state index in [1.807, 2.05) is 18.4 Å². The molecule has 7 nitrogen and oxygen atoms in total. The molecule has 0 unspecified atom stereocenters. The molecule has 10 heteroatoms. The molecule has 0 fully saturated rings. The van der Waals surface area contributed by atoms with Gasteiger partial charge in [-0.15, -0.1) is 0 Å².